The van der Waals surface area contributed by atoms with Crippen molar-refractivity contribution in [3.63, 3.8) is 0 Å². The maximum atomic E-state index is 12.7. The minimum Gasteiger partial charge on any atom is -0.451 e. The van der Waals surface area contributed by atoms with E-state index in [9.17, 15) is 9.59 Å². The van der Waals surface area contributed by atoms with Gasteiger partial charge in [0.1, 0.15) is 0 Å². The molecule has 1 aromatic heterocycles. The number of esters is 1. The second-order valence-corrected chi connectivity index (χ2v) is 6.59. The highest BCUT2D eigenvalue weighted by Crippen LogP contribution is 2.17. The highest BCUT2D eigenvalue weighted by atomic mass is 16.5. The van der Waals surface area contributed by atoms with Crippen LogP contribution in [0.15, 0.2) is 30.3 Å². The van der Waals surface area contributed by atoms with Crippen molar-refractivity contribution < 1.29 is 14.3 Å². The number of piperidine rings is 1. The molecule has 1 aromatic carbocycles. The summed E-state index contributed by atoms with van der Waals surface area (Å²) in [6.45, 7) is 4.11. The molecule has 8 nitrogen and oxygen atoms in total. The number of amides is 1. The highest BCUT2D eigenvalue weighted by Gasteiger charge is 2.25. The number of rotatable bonds is 5. The first-order valence-corrected chi connectivity index (χ1v) is 9.05. The zero-order chi connectivity index (χ0) is 19.2. The first-order valence-electron chi connectivity index (χ1n) is 9.05. The summed E-state index contributed by atoms with van der Waals surface area (Å²) in [5.41, 5.74) is 0.957. The van der Waals surface area contributed by atoms with E-state index in [1.807, 2.05) is 37.3 Å². The fraction of sp³-hybridized carbons (Fsp3) is 0.421. The molecular weight excluding hydrogens is 346 g/mol. The van der Waals surface area contributed by atoms with Crippen molar-refractivity contribution in [2.24, 2.45) is 0 Å². The Bertz CT molecular complexity index is 831. The van der Waals surface area contributed by atoms with E-state index in [4.69, 9.17) is 4.74 Å². The molecule has 0 saturated carbocycles. The standard InChI is InChI=1S/C19H23N5O3/c1-14-8-6-7-11-23(14)18(25)13-27-19(26)17(24-15(2)20-21-22-24)12-16-9-4-3-5-10-16/h3-5,9-10,12,14H,6-8,11,13H2,1-2H3/b17-12-/t14-/m0/s1. The van der Waals surface area contributed by atoms with Crippen molar-refractivity contribution in [2.45, 2.75) is 39.2 Å². The van der Waals surface area contributed by atoms with Crippen LogP contribution in [0.1, 0.15) is 37.6 Å². The molecule has 2 aromatic rings. The van der Waals surface area contributed by atoms with Crippen molar-refractivity contribution in [3.8, 4) is 0 Å². The van der Waals surface area contributed by atoms with E-state index in [2.05, 4.69) is 15.5 Å². The molecule has 1 saturated heterocycles. The third kappa shape index (κ3) is 4.58. The van der Waals surface area contributed by atoms with E-state index < -0.39 is 5.97 Å². The molecule has 0 bridgehead atoms. The van der Waals surface area contributed by atoms with E-state index in [1.54, 1.807) is 17.9 Å². The SMILES string of the molecule is Cc1nnnn1/C(=C\c1ccccc1)C(=O)OCC(=O)N1CCCC[C@@H]1C. The van der Waals surface area contributed by atoms with E-state index >= 15 is 0 Å². The molecule has 1 aliphatic heterocycles. The lowest BCUT2D eigenvalue weighted by Gasteiger charge is -2.33. The fourth-order valence-corrected chi connectivity index (χ4v) is 3.12. The van der Waals surface area contributed by atoms with Gasteiger partial charge in [-0.25, -0.2) is 4.79 Å². The van der Waals surface area contributed by atoms with Gasteiger partial charge >= 0.3 is 5.97 Å². The molecule has 27 heavy (non-hydrogen) atoms. The van der Waals surface area contributed by atoms with Crippen LogP contribution in [0.5, 0.6) is 0 Å². The molecule has 142 valence electrons. The van der Waals surface area contributed by atoms with Gasteiger partial charge < -0.3 is 9.64 Å². The van der Waals surface area contributed by atoms with Crippen LogP contribution in [-0.4, -0.2) is 56.2 Å². The van der Waals surface area contributed by atoms with Crippen LogP contribution >= 0.6 is 0 Å². The number of aromatic nitrogens is 4. The lowest BCUT2D eigenvalue weighted by Crippen LogP contribution is -2.44. The number of hydrogen-bond acceptors (Lipinski definition) is 6. The van der Waals surface area contributed by atoms with Crippen molar-refractivity contribution in [1.82, 2.24) is 25.1 Å². The van der Waals surface area contributed by atoms with Crippen LogP contribution in [0.4, 0.5) is 0 Å². The summed E-state index contributed by atoms with van der Waals surface area (Å²) in [6.07, 6.45) is 4.71. The molecule has 1 fully saturated rings. The zero-order valence-corrected chi connectivity index (χ0v) is 15.5. The average molecular weight is 369 g/mol. The van der Waals surface area contributed by atoms with Crippen molar-refractivity contribution in [1.29, 1.82) is 0 Å². The molecular formula is C19H23N5O3. The maximum Gasteiger partial charge on any atom is 0.357 e. The Morgan fingerprint density at radius 3 is 2.70 bits per heavy atom. The van der Waals surface area contributed by atoms with E-state index in [1.165, 1.54) is 4.68 Å². The number of aryl methyl sites for hydroxylation is 1. The Hall–Kier alpha value is -3.03. The Kier molecular flexibility index (Phi) is 5.95. The van der Waals surface area contributed by atoms with Crippen molar-refractivity contribution in [2.75, 3.05) is 13.2 Å². The second-order valence-electron chi connectivity index (χ2n) is 6.59. The Labute approximate surface area is 157 Å². The fourth-order valence-electron chi connectivity index (χ4n) is 3.12. The molecule has 0 aliphatic carbocycles. The van der Waals surface area contributed by atoms with E-state index in [0.717, 1.165) is 24.8 Å². The third-order valence-corrected chi connectivity index (χ3v) is 4.62. The number of carbonyl (C=O) groups is 2. The Balaban J connectivity index is 1.75. The smallest absolute Gasteiger partial charge is 0.357 e. The molecule has 1 aliphatic rings. The van der Waals surface area contributed by atoms with Gasteiger partial charge in [-0.3, -0.25) is 4.79 Å². The summed E-state index contributed by atoms with van der Waals surface area (Å²) in [4.78, 5) is 26.9. The maximum absolute atomic E-state index is 12.7. The van der Waals surface area contributed by atoms with Crippen molar-refractivity contribution in [3.05, 3.63) is 41.7 Å². The number of carbonyl (C=O) groups excluding carboxylic acids is 2. The average Bonchev–Trinajstić information content (AvgIpc) is 3.10. The van der Waals surface area contributed by atoms with Crippen molar-refractivity contribution >= 4 is 23.6 Å². The molecule has 1 atom stereocenters. The Morgan fingerprint density at radius 2 is 2.04 bits per heavy atom. The minimum absolute atomic E-state index is 0.156. The monoisotopic (exact) mass is 369 g/mol. The Morgan fingerprint density at radius 1 is 1.26 bits per heavy atom. The molecule has 0 unspecified atom stereocenters. The third-order valence-electron chi connectivity index (χ3n) is 4.62. The van der Waals surface area contributed by atoms with Gasteiger partial charge in [0.05, 0.1) is 0 Å². The summed E-state index contributed by atoms with van der Waals surface area (Å²) in [6, 6.07) is 9.49. The largest absolute Gasteiger partial charge is 0.451 e. The van der Waals surface area contributed by atoms with E-state index in [0.29, 0.717) is 12.4 Å². The van der Waals surface area contributed by atoms with Gasteiger partial charge in [-0.15, -0.1) is 5.10 Å². The van der Waals surface area contributed by atoms with E-state index in [-0.39, 0.29) is 24.3 Å². The lowest BCUT2D eigenvalue weighted by atomic mass is 10.0. The molecule has 1 amide bonds. The number of likely N-dealkylation sites (tertiary alicyclic amines) is 1. The molecule has 8 heteroatoms. The first kappa shape index (κ1) is 18.8. The van der Waals surface area contributed by atoms with Crippen LogP contribution < -0.4 is 0 Å². The summed E-state index contributed by atoms with van der Waals surface area (Å²) in [5.74, 6) is -0.375. The van der Waals surface area contributed by atoms with Crippen LogP contribution in [0.25, 0.3) is 11.8 Å². The predicted octanol–water partition coefficient (Wildman–Crippen LogP) is 1.92. The van der Waals surface area contributed by atoms with Gasteiger partial charge in [0, 0.05) is 12.6 Å². The summed E-state index contributed by atoms with van der Waals surface area (Å²) in [7, 11) is 0. The van der Waals surface area contributed by atoms with Gasteiger partial charge in [-0.05, 0) is 55.2 Å². The number of nitrogens with zero attached hydrogens (tertiary/aromatic N) is 5. The first-order chi connectivity index (χ1) is 13.1. The number of tetrazole rings is 1. The molecule has 3 rings (SSSR count). The lowest BCUT2D eigenvalue weighted by molar-refractivity contribution is -0.149. The van der Waals surface area contributed by atoms with Crippen LogP contribution in [-0.2, 0) is 14.3 Å². The van der Waals surface area contributed by atoms with Gasteiger partial charge in [0.25, 0.3) is 5.91 Å². The summed E-state index contributed by atoms with van der Waals surface area (Å²) in [5, 5.41) is 11.3. The quantitative estimate of drug-likeness (QED) is 0.591. The van der Waals surface area contributed by atoms with Gasteiger partial charge in [0.15, 0.2) is 18.1 Å². The minimum atomic E-state index is -0.646. The molecule has 0 N–H and O–H groups in total. The summed E-state index contributed by atoms with van der Waals surface area (Å²) < 4.78 is 6.61. The number of benzene rings is 1. The van der Waals surface area contributed by atoms with Crippen LogP contribution in [0, 0.1) is 6.92 Å². The topological polar surface area (TPSA) is 90.2 Å². The van der Waals surface area contributed by atoms with Crippen LogP contribution in [0.3, 0.4) is 0 Å². The predicted molar refractivity (Wildman–Crippen MR) is 99.1 cm³/mol. The number of ether oxygens (including phenoxy) is 1. The van der Waals surface area contributed by atoms with Gasteiger partial charge in [0.2, 0.25) is 0 Å². The molecule has 0 spiro atoms. The van der Waals surface area contributed by atoms with Crippen LogP contribution in [0.2, 0.25) is 0 Å². The highest BCUT2D eigenvalue weighted by molar-refractivity contribution is 6.15. The molecule has 0 radical (unpaired) electrons. The van der Waals surface area contributed by atoms with Gasteiger partial charge in [-0.2, -0.15) is 4.68 Å². The molecule has 2 heterocycles. The number of hydrogen-bond donors (Lipinski definition) is 0. The normalized spacial score (nSPS) is 17.6. The zero-order valence-electron chi connectivity index (χ0n) is 15.5. The second kappa shape index (κ2) is 8.57. The summed E-state index contributed by atoms with van der Waals surface area (Å²) >= 11 is 0. The van der Waals surface area contributed by atoms with Gasteiger partial charge in [-0.1, -0.05) is 30.3 Å².